The van der Waals surface area contributed by atoms with Gasteiger partial charge in [-0.05, 0) is 13.0 Å². The Morgan fingerprint density at radius 1 is 1.47 bits per heavy atom. The van der Waals surface area contributed by atoms with Gasteiger partial charge in [0.05, 0.1) is 17.7 Å². The number of esters is 1. The highest BCUT2D eigenvalue weighted by atomic mass is 35.5. The van der Waals surface area contributed by atoms with Gasteiger partial charge < -0.3 is 4.74 Å². The number of carbonyl (C=O) groups is 1. The van der Waals surface area contributed by atoms with E-state index in [4.69, 9.17) is 16.5 Å². The van der Waals surface area contributed by atoms with E-state index in [0.29, 0.717) is 12.2 Å². The summed E-state index contributed by atoms with van der Waals surface area (Å²) in [6, 6.07) is 7.43. The highest BCUT2D eigenvalue weighted by Crippen LogP contribution is 2.22. The summed E-state index contributed by atoms with van der Waals surface area (Å²) in [5.74, 6) is -0.340. The average Bonchev–Trinajstić information content (AvgIpc) is 2.58. The lowest BCUT2D eigenvalue weighted by molar-refractivity contribution is 0.0528. The maximum atomic E-state index is 11.6. The molecule has 1 aromatic heterocycles. The molecule has 0 bridgehead atoms. The first-order valence-electron chi connectivity index (χ1n) is 4.67. The molecule has 0 aliphatic rings. The number of carbonyl (C=O) groups excluding carboxylic acids is 1. The van der Waals surface area contributed by atoms with Gasteiger partial charge in [0.25, 0.3) is 0 Å². The molecule has 2 rings (SSSR count). The monoisotopic (exact) mass is 223 g/mol. The van der Waals surface area contributed by atoms with Crippen LogP contribution in [0.15, 0.2) is 30.5 Å². The topological polar surface area (TPSA) is 31.2 Å². The minimum absolute atomic E-state index is 0.340. The summed E-state index contributed by atoms with van der Waals surface area (Å²) in [6.07, 6.45) is 1.57. The van der Waals surface area contributed by atoms with Crippen molar-refractivity contribution >= 4 is 28.6 Å². The highest BCUT2D eigenvalue weighted by molar-refractivity contribution is 6.21. The normalized spacial score (nSPS) is 10.5. The van der Waals surface area contributed by atoms with E-state index in [1.54, 1.807) is 13.1 Å². The molecule has 0 saturated carbocycles. The Hall–Kier alpha value is -1.48. The number of aromatic nitrogens is 1. The largest absolute Gasteiger partial charge is 0.462 e. The van der Waals surface area contributed by atoms with Gasteiger partial charge >= 0.3 is 5.97 Å². The van der Waals surface area contributed by atoms with Gasteiger partial charge in [0.15, 0.2) is 0 Å². The summed E-state index contributed by atoms with van der Waals surface area (Å²) >= 11 is 5.93. The Bertz CT molecular complexity index is 504. The third kappa shape index (κ3) is 1.70. The molecule has 0 aliphatic heterocycles. The van der Waals surface area contributed by atoms with E-state index in [0.717, 1.165) is 10.9 Å². The van der Waals surface area contributed by atoms with E-state index in [9.17, 15) is 4.79 Å². The molecule has 2 aromatic rings. The predicted octanol–water partition coefficient (Wildman–Crippen LogP) is 2.82. The number of hydrogen-bond donors (Lipinski definition) is 0. The number of ether oxygens (including phenoxy) is 1. The molecular weight excluding hydrogens is 214 g/mol. The number of fused-ring (bicyclic) bond motifs is 1. The number of benzene rings is 1. The molecule has 0 N–H and O–H groups in total. The fourth-order valence-corrected chi connectivity index (χ4v) is 1.76. The van der Waals surface area contributed by atoms with Crippen molar-refractivity contribution in [2.24, 2.45) is 0 Å². The molecule has 0 fully saturated rings. The van der Waals surface area contributed by atoms with Gasteiger partial charge in [-0.15, -0.1) is 0 Å². The maximum Gasteiger partial charge on any atom is 0.340 e. The number of para-hydroxylation sites is 1. The van der Waals surface area contributed by atoms with Crippen molar-refractivity contribution in [3.8, 4) is 0 Å². The standard InChI is InChI=1S/C11H10ClNO2/c1-2-15-11(14)9-7-13(12)10-6-4-3-5-8(9)10/h3-7H,2H2,1H3. The van der Waals surface area contributed by atoms with E-state index in [1.807, 2.05) is 24.3 Å². The van der Waals surface area contributed by atoms with Gasteiger partial charge in [0.2, 0.25) is 0 Å². The maximum absolute atomic E-state index is 11.6. The van der Waals surface area contributed by atoms with Gasteiger partial charge in [0.1, 0.15) is 0 Å². The molecule has 0 amide bonds. The first-order valence-corrected chi connectivity index (χ1v) is 5.01. The van der Waals surface area contributed by atoms with Gasteiger partial charge in [-0.2, -0.15) is 0 Å². The highest BCUT2D eigenvalue weighted by Gasteiger charge is 2.14. The van der Waals surface area contributed by atoms with Crippen LogP contribution in [0.5, 0.6) is 0 Å². The van der Waals surface area contributed by atoms with Crippen LogP contribution in [0, 0.1) is 0 Å². The van der Waals surface area contributed by atoms with Crippen LogP contribution in [-0.2, 0) is 4.74 Å². The first kappa shape index (κ1) is 10.1. The molecule has 3 nitrogen and oxygen atoms in total. The third-order valence-electron chi connectivity index (χ3n) is 2.16. The Morgan fingerprint density at radius 2 is 2.20 bits per heavy atom. The molecule has 0 radical (unpaired) electrons. The molecule has 1 aromatic carbocycles. The molecule has 0 atom stereocenters. The Balaban J connectivity index is 2.57. The molecule has 15 heavy (non-hydrogen) atoms. The number of halogens is 1. The van der Waals surface area contributed by atoms with E-state index >= 15 is 0 Å². The van der Waals surface area contributed by atoms with Crippen LogP contribution in [0.1, 0.15) is 17.3 Å². The van der Waals surface area contributed by atoms with Crippen LogP contribution in [0.2, 0.25) is 0 Å². The zero-order chi connectivity index (χ0) is 10.8. The lowest BCUT2D eigenvalue weighted by Crippen LogP contribution is -2.03. The van der Waals surface area contributed by atoms with Crippen LogP contribution < -0.4 is 0 Å². The molecule has 78 valence electrons. The quantitative estimate of drug-likeness (QED) is 0.733. The van der Waals surface area contributed by atoms with E-state index in [-0.39, 0.29) is 5.97 Å². The van der Waals surface area contributed by atoms with Gasteiger partial charge in [0, 0.05) is 23.4 Å². The number of rotatable bonds is 2. The molecule has 0 spiro atoms. The Kier molecular flexibility index (Phi) is 2.64. The van der Waals surface area contributed by atoms with Crippen molar-refractivity contribution in [2.45, 2.75) is 6.92 Å². The van der Waals surface area contributed by atoms with Crippen LogP contribution >= 0.6 is 11.8 Å². The predicted molar refractivity (Wildman–Crippen MR) is 59.1 cm³/mol. The van der Waals surface area contributed by atoms with Crippen molar-refractivity contribution in [2.75, 3.05) is 6.61 Å². The van der Waals surface area contributed by atoms with Crippen LogP contribution in [-0.4, -0.2) is 16.7 Å². The lowest BCUT2D eigenvalue weighted by atomic mass is 10.2. The van der Waals surface area contributed by atoms with Crippen molar-refractivity contribution in [3.63, 3.8) is 0 Å². The van der Waals surface area contributed by atoms with Crippen molar-refractivity contribution in [1.82, 2.24) is 4.09 Å². The number of hydrogen-bond acceptors (Lipinski definition) is 2. The van der Waals surface area contributed by atoms with Gasteiger partial charge in [-0.3, -0.25) is 4.09 Å². The van der Waals surface area contributed by atoms with Crippen molar-refractivity contribution in [3.05, 3.63) is 36.0 Å². The van der Waals surface area contributed by atoms with Crippen molar-refractivity contribution < 1.29 is 9.53 Å². The molecular formula is C11H10ClNO2. The summed E-state index contributed by atoms with van der Waals surface area (Å²) < 4.78 is 6.34. The summed E-state index contributed by atoms with van der Waals surface area (Å²) in [7, 11) is 0. The molecule has 1 heterocycles. The van der Waals surface area contributed by atoms with E-state index in [1.165, 1.54) is 4.09 Å². The third-order valence-corrected chi connectivity index (χ3v) is 2.44. The average molecular weight is 224 g/mol. The fourth-order valence-electron chi connectivity index (χ4n) is 1.51. The fraction of sp³-hybridized carbons (Fsp3) is 0.182. The Labute approximate surface area is 92.3 Å². The smallest absolute Gasteiger partial charge is 0.340 e. The lowest BCUT2D eigenvalue weighted by Gasteiger charge is -1.98. The molecule has 4 heteroatoms. The van der Waals surface area contributed by atoms with Crippen LogP contribution in [0.3, 0.4) is 0 Å². The van der Waals surface area contributed by atoms with E-state index < -0.39 is 0 Å². The first-order chi connectivity index (χ1) is 7.24. The summed E-state index contributed by atoms with van der Waals surface area (Å²) in [6.45, 7) is 2.14. The zero-order valence-electron chi connectivity index (χ0n) is 8.24. The Morgan fingerprint density at radius 3 is 2.93 bits per heavy atom. The van der Waals surface area contributed by atoms with Crippen molar-refractivity contribution in [1.29, 1.82) is 0 Å². The second-order valence-corrected chi connectivity index (χ2v) is 3.46. The molecule has 0 aliphatic carbocycles. The number of nitrogens with zero attached hydrogens (tertiary/aromatic N) is 1. The molecule has 0 unspecified atom stereocenters. The minimum atomic E-state index is -0.340. The summed E-state index contributed by atoms with van der Waals surface area (Å²) in [5.41, 5.74) is 1.31. The summed E-state index contributed by atoms with van der Waals surface area (Å²) in [5, 5.41) is 0.811. The van der Waals surface area contributed by atoms with Crippen LogP contribution in [0.25, 0.3) is 10.9 Å². The second kappa shape index (κ2) is 3.95. The van der Waals surface area contributed by atoms with Gasteiger partial charge in [-0.1, -0.05) is 18.2 Å². The van der Waals surface area contributed by atoms with Gasteiger partial charge in [-0.25, -0.2) is 4.79 Å². The van der Waals surface area contributed by atoms with E-state index in [2.05, 4.69) is 0 Å². The molecule has 0 saturated heterocycles. The van der Waals surface area contributed by atoms with Crippen LogP contribution in [0.4, 0.5) is 0 Å². The summed E-state index contributed by atoms with van der Waals surface area (Å²) in [4.78, 5) is 11.6. The minimum Gasteiger partial charge on any atom is -0.462 e. The second-order valence-electron chi connectivity index (χ2n) is 3.09. The SMILES string of the molecule is CCOC(=O)c1cn(Cl)c2ccccc12. The zero-order valence-corrected chi connectivity index (χ0v) is 8.99.